The predicted molar refractivity (Wildman–Crippen MR) is 153 cm³/mol. The first-order chi connectivity index (χ1) is 19.5. The summed E-state index contributed by atoms with van der Waals surface area (Å²) in [6.07, 6.45) is 6.44. The Labute approximate surface area is 237 Å². The van der Waals surface area contributed by atoms with Gasteiger partial charge in [-0.05, 0) is 51.2 Å². The van der Waals surface area contributed by atoms with E-state index in [1.165, 1.54) is 16.8 Å². The summed E-state index contributed by atoms with van der Waals surface area (Å²) in [5.74, 6) is 0.887. The lowest BCUT2D eigenvalue weighted by Crippen LogP contribution is -2.30. The Kier molecular flexibility index (Phi) is 7.52. The van der Waals surface area contributed by atoms with Crippen LogP contribution in [0.1, 0.15) is 67.8 Å². The van der Waals surface area contributed by atoms with Crippen molar-refractivity contribution in [2.24, 2.45) is 5.92 Å². The van der Waals surface area contributed by atoms with Crippen LogP contribution in [0.5, 0.6) is 0 Å². The van der Waals surface area contributed by atoms with E-state index < -0.39 is 21.4 Å². The third kappa shape index (κ3) is 5.78. The van der Waals surface area contributed by atoms with Crippen LogP contribution in [0.4, 0.5) is 5.82 Å². The molecule has 1 fully saturated rings. The van der Waals surface area contributed by atoms with Gasteiger partial charge in [-0.3, -0.25) is 14.3 Å². The van der Waals surface area contributed by atoms with E-state index in [9.17, 15) is 18.5 Å². The first-order valence-electron chi connectivity index (χ1n) is 13.4. The highest BCUT2D eigenvalue weighted by atomic mass is 32.2. The van der Waals surface area contributed by atoms with Gasteiger partial charge in [-0.1, -0.05) is 13.8 Å². The second-order valence-electron chi connectivity index (χ2n) is 10.8. The molecule has 4 heterocycles. The number of aromatic nitrogens is 7. The zero-order valence-corrected chi connectivity index (χ0v) is 24.4. The van der Waals surface area contributed by atoms with E-state index in [0.717, 1.165) is 36.0 Å². The molecule has 13 heteroatoms. The molecule has 0 amide bonds. The van der Waals surface area contributed by atoms with Crippen LogP contribution in [0, 0.1) is 31.1 Å². The average Bonchev–Trinajstić information content (AvgIpc) is 3.76. The second-order valence-corrected chi connectivity index (χ2v) is 12.8. The molecule has 1 unspecified atom stereocenters. The van der Waals surface area contributed by atoms with Crippen molar-refractivity contribution in [3.8, 4) is 17.5 Å². The van der Waals surface area contributed by atoms with Gasteiger partial charge in [-0.15, -0.1) is 0 Å². The van der Waals surface area contributed by atoms with Crippen LogP contribution in [0.2, 0.25) is 0 Å². The van der Waals surface area contributed by atoms with Gasteiger partial charge in [-0.2, -0.15) is 5.26 Å². The lowest BCUT2D eigenvalue weighted by atomic mass is 10.0. The van der Waals surface area contributed by atoms with Gasteiger partial charge in [0.15, 0.2) is 27.1 Å². The lowest BCUT2D eigenvalue weighted by Gasteiger charge is -2.19. The zero-order valence-electron chi connectivity index (χ0n) is 23.6. The molecule has 5 rings (SSSR count). The summed E-state index contributed by atoms with van der Waals surface area (Å²) in [7, 11) is -3.38. The fraction of sp³-hybridized carbons (Fsp3) is 0.429. The summed E-state index contributed by atoms with van der Waals surface area (Å²) >= 11 is 0. The number of nitrogens with one attached hydrogen (secondary N) is 1. The van der Waals surface area contributed by atoms with Crippen LogP contribution in [0.3, 0.4) is 0 Å². The summed E-state index contributed by atoms with van der Waals surface area (Å²) in [6.45, 7) is 7.77. The van der Waals surface area contributed by atoms with E-state index in [0.29, 0.717) is 35.1 Å². The fourth-order valence-electron chi connectivity index (χ4n) is 4.74. The number of anilines is 1. The van der Waals surface area contributed by atoms with Gasteiger partial charge in [-0.25, -0.2) is 33.3 Å². The predicted octanol–water partition coefficient (Wildman–Crippen LogP) is 3.66. The molecule has 0 spiro atoms. The monoisotopic (exact) mass is 573 g/mol. The zero-order chi connectivity index (χ0) is 29.5. The molecule has 4 aromatic rings. The molecule has 0 aromatic carbocycles. The van der Waals surface area contributed by atoms with Crippen LogP contribution in [0.15, 0.2) is 34.3 Å². The van der Waals surface area contributed by atoms with Crippen molar-refractivity contribution in [3.05, 3.63) is 57.8 Å². The first kappa shape index (κ1) is 28.2. The molecule has 1 aliphatic rings. The van der Waals surface area contributed by atoms with Crippen molar-refractivity contribution in [1.29, 1.82) is 5.26 Å². The molecule has 0 saturated heterocycles. The number of pyridine rings is 1. The molecule has 41 heavy (non-hydrogen) atoms. The van der Waals surface area contributed by atoms with Crippen LogP contribution >= 0.6 is 0 Å². The van der Waals surface area contributed by atoms with Gasteiger partial charge in [0.05, 0.1) is 45.8 Å². The summed E-state index contributed by atoms with van der Waals surface area (Å²) in [6, 6.07) is 4.53. The minimum Gasteiger partial charge on any atom is -0.360 e. The van der Waals surface area contributed by atoms with Crippen LogP contribution in [0.25, 0.3) is 22.6 Å². The minimum absolute atomic E-state index is 0.0211. The maximum atomic E-state index is 13.9. The van der Waals surface area contributed by atoms with E-state index in [2.05, 4.69) is 31.3 Å². The molecule has 0 radical (unpaired) electrons. The van der Waals surface area contributed by atoms with E-state index in [1.54, 1.807) is 19.3 Å². The van der Waals surface area contributed by atoms with Crippen LogP contribution < -0.4 is 10.9 Å². The Balaban J connectivity index is 1.64. The maximum Gasteiger partial charge on any atom is 0.296 e. The lowest BCUT2D eigenvalue weighted by molar-refractivity contribution is 0.468. The molecule has 1 saturated carbocycles. The molecular weight excluding hydrogens is 542 g/mol. The van der Waals surface area contributed by atoms with E-state index in [1.807, 2.05) is 20.8 Å². The molecule has 1 atom stereocenters. The minimum atomic E-state index is -3.38. The number of aryl methyl sites for hydroxylation is 2. The molecular formula is C28H31N9O3S. The number of fused-ring (bicyclic) bond motifs is 1. The van der Waals surface area contributed by atoms with Gasteiger partial charge in [0.1, 0.15) is 17.9 Å². The molecule has 1 aliphatic carbocycles. The van der Waals surface area contributed by atoms with Crippen molar-refractivity contribution in [2.45, 2.75) is 70.4 Å². The summed E-state index contributed by atoms with van der Waals surface area (Å²) < 4.78 is 24.9. The van der Waals surface area contributed by atoms with Crippen molar-refractivity contribution in [3.63, 3.8) is 0 Å². The standard InChI is InChI=1S/C28H31N9O3S/c1-15(2)10-20(11-29)37-27-23(17(4)34-25(36-27)22-16(3)32-14-33-24(22)18-6-7-18)35-26(28(37)38)31-12-19-8-9-21(13-30-19)41(5,39)40/h8-9,13-15,18,20H,6-7,10,12H2,1-5H3,(H,31,35). The quantitative estimate of drug-likeness (QED) is 0.310. The van der Waals surface area contributed by atoms with Gasteiger partial charge in [0, 0.05) is 18.4 Å². The normalized spacial score (nSPS) is 14.3. The largest absolute Gasteiger partial charge is 0.360 e. The Morgan fingerprint density at radius 2 is 1.85 bits per heavy atom. The molecule has 1 N–H and O–H groups in total. The Hall–Kier alpha value is -4.31. The van der Waals surface area contributed by atoms with Gasteiger partial charge < -0.3 is 5.32 Å². The number of hydrogen-bond donors (Lipinski definition) is 1. The Bertz CT molecular complexity index is 1840. The Morgan fingerprint density at radius 3 is 2.46 bits per heavy atom. The van der Waals surface area contributed by atoms with Crippen LogP contribution in [-0.2, 0) is 16.4 Å². The molecule has 4 aromatic heterocycles. The number of nitrogens with zero attached hydrogens (tertiary/aromatic N) is 8. The molecule has 0 aliphatic heterocycles. The van der Waals surface area contributed by atoms with E-state index in [-0.39, 0.29) is 28.8 Å². The first-order valence-corrected chi connectivity index (χ1v) is 15.3. The highest BCUT2D eigenvalue weighted by molar-refractivity contribution is 7.90. The highest BCUT2D eigenvalue weighted by Crippen LogP contribution is 2.43. The fourth-order valence-corrected chi connectivity index (χ4v) is 5.30. The summed E-state index contributed by atoms with van der Waals surface area (Å²) in [4.78, 5) is 41.3. The number of hydrogen-bond acceptors (Lipinski definition) is 11. The SMILES string of the molecule is Cc1ncnc(C2CC2)c1-c1nc(C)c2nc(NCc3ccc(S(C)(=O)=O)cn3)c(=O)n(C(C#N)CC(C)C)c2n1. The van der Waals surface area contributed by atoms with Crippen molar-refractivity contribution in [2.75, 3.05) is 11.6 Å². The smallest absolute Gasteiger partial charge is 0.296 e. The number of nitriles is 1. The van der Waals surface area contributed by atoms with Crippen LogP contribution in [-0.4, -0.2) is 49.1 Å². The van der Waals surface area contributed by atoms with Crippen molar-refractivity contribution >= 4 is 26.8 Å². The van der Waals surface area contributed by atoms with Gasteiger partial charge in [0.2, 0.25) is 0 Å². The van der Waals surface area contributed by atoms with Gasteiger partial charge in [0.25, 0.3) is 5.56 Å². The van der Waals surface area contributed by atoms with E-state index in [4.69, 9.17) is 9.97 Å². The van der Waals surface area contributed by atoms with Crippen molar-refractivity contribution in [1.82, 2.24) is 34.5 Å². The van der Waals surface area contributed by atoms with Gasteiger partial charge >= 0.3 is 0 Å². The topological polar surface area (TPSA) is 169 Å². The second kappa shape index (κ2) is 10.9. The average molecular weight is 574 g/mol. The highest BCUT2D eigenvalue weighted by Gasteiger charge is 2.31. The third-order valence-corrected chi connectivity index (χ3v) is 8.08. The summed E-state index contributed by atoms with van der Waals surface area (Å²) in [5, 5.41) is 13.2. The molecule has 12 nitrogen and oxygen atoms in total. The third-order valence-electron chi connectivity index (χ3n) is 6.98. The molecule has 0 bridgehead atoms. The maximum absolute atomic E-state index is 13.9. The number of rotatable bonds is 9. The Morgan fingerprint density at radius 1 is 1.10 bits per heavy atom. The van der Waals surface area contributed by atoms with Crippen molar-refractivity contribution < 1.29 is 8.42 Å². The molecule has 212 valence electrons. The summed E-state index contributed by atoms with van der Waals surface area (Å²) in [5.41, 5.74) is 3.62. The van der Waals surface area contributed by atoms with E-state index >= 15 is 0 Å². The number of sulfone groups is 1.